The van der Waals surface area contributed by atoms with Crippen molar-refractivity contribution < 1.29 is 9.18 Å². The Bertz CT molecular complexity index is 813. The summed E-state index contributed by atoms with van der Waals surface area (Å²) in [5.74, 6) is -0.751. The fraction of sp³-hybridized carbons (Fsp3) is 0.294. The topological polar surface area (TPSA) is 71.9 Å². The molecule has 0 unspecified atom stereocenters. The number of aromatic nitrogens is 1. The van der Waals surface area contributed by atoms with Gasteiger partial charge in [0, 0.05) is 12.7 Å². The van der Waals surface area contributed by atoms with Crippen molar-refractivity contribution in [1.29, 1.82) is 5.26 Å². The van der Waals surface area contributed by atoms with Crippen LogP contribution in [0.1, 0.15) is 34.1 Å². The van der Waals surface area contributed by atoms with Crippen LogP contribution in [-0.4, -0.2) is 35.4 Å². The molecule has 7 heteroatoms. The van der Waals surface area contributed by atoms with E-state index in [1.165, 1.54) is 24.4 Å². The van der Waals surface area contributed by atoms with Gasteiger partial charge in [0.2, 0.25) is 0 Å². The molecule has 2 atom stereocenters. The molecule has 5 nitrogen and oxygen atoms in total. The molecular weight excluding hydrogens is 331 g/mol. The molecule has 0 radical (unpaired) electrons. The predicted octanol–water partition coefficient (Wildman–Crippen LogP) is 2.85. The van der Waals surface area contributed by atoms with Crippen LogP contribution in [0, 0.1) is 17.1 Å². The minimum Gasteiger partial charge on any atom is -0.356 e. The van der Waals surface area contributed by atoms with E-state index in [-0.39, 0.29) is 23.0 Å². The Hall–Kier alpha value is -2.36. The zero-order valence-corrected chi connectivity index (χ0v) is 13.8. The van der Waals surface area contributed by atoms with E-state index in [1.54, 1.807) is 6.07 Å². The Morgan fingerprint density at radius 1 is 1.50 bits per heavy atom. The first-order valence-electron chi connectivity index (χ1n) is 7.54. The van der Waals surface area contributed by atoms with Crippen molar-refractivity contribution >= 4 is 17.5 Å². The van der Waals surface area contributed by atoms with Crippen LogP contribution in [-0.2, 0) is 0 Å². The highest BCUT2D eigenvalue weighted by Gasteiger charge is 2.34. The molecular formula is C17H16ClFN4O. The average molecular weight is 347 g/mol. The summed E-state index contributed by atoms with van der Waals surface area (Å²) in [4.78, 5) is 17.2. The molecule has 1 aromatic carbocycles. The number of carbonyl (C=O) groups is 1. The smallest absolute Gasteiger partial charge is 0.268 e. The Labute approximate surface area is 144 Å². The van der Waals surface area contributed by atoms with Gasteiger partial charge in [0.1, 0.15) is 17.6 Å². The zero-order valence-electron chi connectivity index (χ0n) is 13.0. The molecule has 124 valence electrons. The molecule has 1 aromatic heterocycles. The van der Waals surface area contributed by atoms with Gasteiger partial charge in [0.15, 0.2) is 0 Å². The van der Waals surface area contributed by atoms with E-state index in [2.05, 4.69) is 15.2 Å². The van der Waals surface area contributed by atoms with E-state index in [9.17, 15) is 9.18 Å². The summed E-state index contributed by atoms with van der Waals surface area (Å²) in [6.07, 6.45) is 2.24. The van der Waals surface area contributed by atoms with Crippen LogP contribution in [0.25, 0.3) is 0 Å². The minimum absolute atomic E-state index is 0.0791. The number of rotatable bonds is 3. The van der Waals surface area contributed by atoms with Gasteiger partial charge >= 0.3 is 0 Å². The third-order valence-electron chi connectivity index (χ3n) is 4.31. The number of nitriles is 1. The first kappa shape index (κ1) is 16.5. The third kappa shape index (κ3) is 3.14. The quantitative estimate of drug-likeness (QED) is 0.897. The van der Waals surface area contributed by atoms with Crippen molar-refractivity contribution in [3.63, 3.8) is 0 Å². The Morgan fingerprint density at radius 2 is 2.29 bits per heavy atom. The lowest BCUT2D eigenvalue weighted by molar-refractivity contribution is 0.0923. The molecule has 1 fully saturated rings. The summed E-state index contributed by atoms with van der Waals surface area (Å²) >= 11 is 5.75. The molecule has 3 rings (SSSR count). The van der Waals surface area contributed by atoms with Gasteiger partial charge in [-0.2, -0.15) is 5.26 Å². The summed E-state index contributed by atoms with van der Waals surface area (Å²) in [7, 11) is 1.94. The van der Waals surface area contributed by atoms with Crippen molar-refractivity contribution in [2.75, 3.05) is 13.6 Å². The number of benzene rings is 1. The molecule has 0 aliphatic carbocycles. The van der Waals surface area contributed by atoms with Crippen molar-refractivity contribution in [2.45, 2.75) is 18.5 Å². The largest absolute Gasteiger partial charge is 0.356 e. The molecule has 2 heterocycles. The van der Waals surface area contributed by atoms with Crippen molar-refractivity contribution in [2.24, 2.45) is 0 Å². The summed E-state index contributed by atoms with van der Waals surface area (Å²) in [6, 6.07) is 7.91. The minimum atomic E-state index is -0.470. The normalized spacial score (nSPS) is 20.8. The van der Waals surface area contributed by atoms with Gasteiger partial charge in [-0.1, -0.05) is 17.7 Å². The highest BCUT2D eigenvalue weighted by atomic mass is 35.5. The second kappa shape index (κ2) is 6.63. The molecule has 1 amide bonds. The van der Waals surface area contributed by atoms with E-state index in [0.717, 1.165) is 18.5 Å². The maximum absolute atomic E-state index is 13.8. The van der Waals surface area contributed by atoms with E-state index < -0.39 is 5.82 Å². The number of halogens is 2. The van der Waals surface area contributed by atoms with Gasteiger partial charge in [0.05, 0.1) is 22.7 Å². The summed E-state index contributed by atoms with van der Waals surface area (Å²) < 4.78 is 13.8. The Kier molecular flexibility index (Phi) is 4.56. The highest BCUT2D eigenvalue weighted by Crippen LogP contribution is 2.32. The molecule has 1 aliphatic heterocycles. The van der Waals surface area contributed by atoms with Crippen LogP contribution in [0.4, 0.5) is 4.39 Å². The second-order valence-corrected chi connectivity index (χ2v) is 6.29. The van der Waals surface area contributed by atoms with E-state index in [4.69, 9.17) is 16.9 Å². The number of nitrogens with zero attached hydrogens (tertiary/aromatic N) is 2. The second-order valence-electron chi connectivity index (χ2n) is 5.88. The van der Waals surface area contributed by atoms with Crippen LogP contribution in [0.2, 0.25) is 5.02 Å². The number of likely N-dealkylation sites (tertiary alicyclic amines) is 1. The van der Waals surface area contributed by atoms with Gasteiger partial charge in [-0.3, -0.25) is 9.69 Å². The number of likely N-dealkylation sites (N-methyl/N-ethyl adjacent to an activating group) is 1. The molecule has 0 bridgehead atoms. The van der Waals surface area contributed by atoms with E-state index in [1.807, 2.05) is 13.1 Å². The summed E-state index contributed by atoms with van der Waals surface area (Å²) in [5, 5.41) is 11.9. The maximum atomic E-state index is 13.8. The number of hydrogen-bond acceptors (Lipinski definition) is 3. The first-order valence-corrected chi connectivity index (χ1v) is 7.92. The highest BCUT2D eigenvalue weighted by molar-refractivity contribution is 6.30. The fourth-order valence-corrected chi connectivity index (χ4v) is 3.23. The number of aromatic amines is 1. The fourth-order valence-electron chi connectivity index (χ4n) is 3.12. The van der Waals surface area contributed by atoms with E-state index in [0.29, 0.717) is 11.3 Å². The number of hydrogen-bond donors (Lipinski definition) is 2. The molecule has 2 N–H and O–H groups in total. The lowest BCUT2D eigenvalue weighted by atomic mass is 10.00. The van der Waals surface area contributed by atoms with Crippen molar-refractivity contribution in [3.05, 3.63) is 58.1 Å². The van der Waals surface area contributed by atoms with Gasteiger partial charge in [-0.05, 0) is 37.2 Å². The summed E-state index contributed by atoms with van der Waals surface area (Å²) in [6.45, 7) is 0.786. The Morgan fingerprint density at radius 3 is 2.96 bits per heavy atom. The van der Waals surface area contributed by atoms with Crippen molar-refractivity contribution in [1.82, 2.24) is 15.2 Å². The van der Waals surface area contributed by atoms with Gasteiger partial charge in [0.25, 0.3) is 5.91 Å². The maximum Gasteiger partial charge on any atom is 0.268 e. The monoisotopic (exact) mass is 346 g/mol. The summed E-state index contributed by atoms with van der Waals surface area (Å²) in [5.41, 5.74) is 1.51. The molecule has 2 aromatic rings. The Balaban J connectivity index is 1.80. The van der Waals surface area contributed by atoms with Crippen LogP contribution in [0.3, 0.4) is 0 Å². The number of amides is 1. The van der Waals surface area contributed by atoms with Crippen LogP contribution in [0.15, 0.2) is 30.5 Å². The predicted molar refractivity (Wildman–Crippen MR) is 88.2 cm³/mol. The van der Waals surface area contributed by atoms with Gasteiger partial charge in [-0.15, -0.1) is 0 Å². The molecule has 1 aliphatic rings. The van der Waals surface area contributed by atoms with Crippen LogP contribution in [0.5, 0.6) is 0 Å². The SMILES string of the molecule is CN1CC[C@@H](NC(=O)c2cc(C#N)c[nH]2)[C@@H]1c1ccc(Cl)c(F)c1. The van der Waals surface area contributed by atoms with Gasteiger partial charge in [-0.25, -0.2) is 4.39 Å². The van der Waals surface area contributed by atoms with Crippen LogP contribution < -0.4 is 5.32 Å². The van der Waals surface area contributed by atoms with E-state index >= 15 is 0 Å². The number of carbonyl (C=O) groups excluding carboxylic acids is 1. The average Bonchev–Trinajstić information content (AvgIpc) is 3.17. The standard InChI is InChI=1S/C17H16ClFN4O/c1-23-5-4-14(16(23)11-2-3-12(18)13(19)7-11)22-17(24)15-6-10(8-20)9-21-15/h2-3,6-7,9,14,16,21H,4-5H2,1H3,(H,22,24)/t14-,16+/m1/s1. The molecule has 1 saturated heterocycles. The first-order chi connectivity index (χ1) is 11.5. The lowest BCUT2D eigenvalue weighted by Crippen LogP contribution is -2.39. The number of H-pyrrole nitrogens is 1. The number of nitrogens with one attached hydrogen (secondary N) is 2. The lowest BCUT2D eigenvalue weighted by Gasteiger charge is -2.26. The molecule has 0 spiro atoms. The van der Waals surface area contributed by atoms with Crippen molar-refractivity contribution in [3.8, 4) is 6.07 Å². The molecule has 24 heavy (non-hydrogen) atoms. The van der Waals surface area contributed by atoms with Gasteiger partial charge < -0.3 is 10.3 Å². The zero-order chi connectivity index (χ0) is 17.3. The molecule has 0 saturated carbocycles. The van der Waals surface area contributed by atoms with Crippen LogP contribution >= 0.6 is 11.6 Å². The third-order valence-corrected chi connectivity index (χ3v) is 4.61.